The number of phenolic OH excluding ortho intramolecular Hbond substituents is 1. The summed E-state index contributed by atoms with van der Waals surface area (Å²) in [4.78, 5) is 2.27. The molecular formula is C24H26N4O2. The molecule has 1 fully saturated rings. The minimum Gasteiger partial charge on any atom is -0.507 e. The molecule has 0 bridgehead atoms. The largest absolute Gasteiger partial charge is 0.507 e. The Morgan fingerprint density at radius 3 is 2.77 bits per heavy atom. The summed E-state index contributed by atoms with van der Waals surface area (Å²) in [6, 6.07) is 13.6. The molecule has 2 aromatic carbocycles. The normalized spacial score (nSPS) is 16.8. The second-order valence-corrected chi connectivity index (χ2v) is 7.56. The zero-order valence-electron chi connectivity index (χ0n) is 17.1. The maximum Gasteiger partial charge on any atom is 0.156 e. The number of hydrogen-bond acceptors (Lipinski definition) is 6. The third kappa shape index (κ3) is 4.23. The number of aliphatic hydroxyl groups is 1. The lowest BCUT2D eigenvalue weighted by atomic mass is 10.0. The number of fused-ring (bicyclic) bond motifs is 1. The Labute approximate surface area is 176 Å². The van der Waals surface area contributed by atoms with Crippen LogP contribution in [-0.2, 0) is 0 Å². The Bertz CT molecular complexity index is 1100. The number of aromatic hydroxyl groups is 1. The minimum atomic E-state index is 0.141. The predicted molar refractivity (Wildman–Crippen MR) is 119 cm³/mol. The second kappa shape index (κ2) is 9.12. The highest BCUT2D eigenvalue weighted by Crippen LogP contribution is 2.35. The first-order valence-electron chi connectivity index (χ1n) is 10.3. The number of aromatic nitrogens is 2. The van der Waals surface area contributed by atoms with Crippen LogP contribution in [0.3, 0.4) is 0 Å². The van der Waals surface area contributed by atoms with Crippen LogP contribution in [0.25, 0.3) is 22.0 Å². The van der Waals surface area contributed by atoms with Crippen molar-refractivity contribution >= 4 is 16.6 Å². The van der Waals surface area contributed by atoms with Crippen LogP contribution >= 0.6 is 0 Å². The summed E-state index contributed by atoms with van der Waals surface area (Å²) in [5, 5.41) is 34.2. The monoisotopic (exact) mass is 402 g/mol. The molecule has 1 aliphatic rings. The number of phenols is 1. The van der Waals surface area contributed by atoms with Crippen molar-refractivity contribution in [2.75, 3.05) is 31.6 Å². The molecule has 0 saturated carbocycles. The van der Waals surface area contributed by atoms with Crippen molar-refractivity contribution in [3.63, 3.8) is 0 Å². The SMILES string of the molecule is CC#Cc1ccc(-c2nnc(N[C@@H]3CCCN(CCO)C3)c3ccccc23)c(O)c1. The second-order valence-electron chi connectivity index (χ2n) is 7.56. The first-order valence-corrected chi connectivity index (χ1v) is 10.3. The standard InChI is InChI=1S/C24H26N4O2/c1-2-6-17-10-11-21(22(30)15-17)23-19-8-3-4-9-20(19)24(27-26-23)25-18-7-5-12-28(16-18)13-14-29/h3-4,8-11,15,18,29-30H,5,7,12-14,16H2,1H3,(H,25,27)/t18-/m1/s1. The molecule has 1 atom stereocenters. The number of nitrogens with one attached hydrogen (secondary N) is 1. The lowest BCUT2D eigenvalue weighted by Gasteiger charge is -2.33. The Morgan fingerprint density at radius 1 is 1.17 bits per heavy atom. The van der Waals surface area contributed by atoms with E-state index < -0.39 is 0 Å². The maximum absolute atomic E-state index is 10.6. The molecule has 1 saturated heterocycles. The molecule has 4 rings (SSSR count). The first-order chi connectivity index (χ1) is 14.7. The number of aliphatic hydroxyl groups excluding tert-OH is 1. The molecule has 0 radical (unpaired) electrons. The van der Waals surface area contributed by atoms with Crippen molar-refractivity contribution in [1.29, 1.82) is 0 Å². The van der Waals surface area contributed by atoms with E-state index >= 15 is 0 Å². The number of hydrogen-bond donors (Lipinski definition) is 3. The van der Waals surface area contributed by atoms with E-state index in [-0.39, 0.29) is 18.4 Å². The zero-order chi connectivity index (χ0) is 20.9. The fraction of sp³-hybridized carbons (Fsp3) is 0.333. The third-order valence-corrected chi connectivity index (χ3v) is 5.47. The summed E-state index contributed by atoms with van der Waals surface area (Å²) in [6.07, 6.45) is 2.14. The van der Waals surface area contributed by atoms with Crippen molar-refractivity contribution in [3.8, 4) is 28.8 Å². The molecule has 3 aromatic rings. The molecule has 154 valence electrons. The van der Waals surface area contributed by atoms with E-state index in [1.165, 1.54) is 0 Å². The number of benzene rings is 2. The first kappa shape index (κ1) is 20.1. The van der Waals surface area contributed by atoms with Crippen molar-refractivity contribution in [3.05, 3.63) is 48.0 Å². The average Bonchev–Trinajstić information content (AvgIpc) is 2.75. The molecule has 6 heteroatoms. The summed E-state index contributed by atoms with van der Waals surface area (Å²) in [7, 11) is 0. The Kier molecular flexibility index (Phi) is 6.12. The van der Waals surface area contributed by atoms with Gasteiger partial charge in [-0.15, -0.1) is 16.1 Å². The predicted octanol–water partition coefficient (Wildman–Crippen LogP) is 3.24. The molecule has 1 aliphatic heterocycles. The highest BCUT2D eigenvalue weighted by atomic mass is 16.3. The van der Waals surface area contributed by atoms with Crippen molar-refractivity contribution in [2.24, 2.45) is 0 Å². The van der Waals surface area contributed by atoms with E-state index in [9.17, 15) is 10.2 Å². The number of β-amino-alcohol motifs (C(OH)–C–C–N with tert-alkyl or cyclic N) is 1. The van der Waals surface area contributed by atoms with E-state index in [0.717, 1.165) is 48.1 Å². The Balaban J connectivity index is 1.68. The van der Waals surface area contributed by atoms with Crippen LogP contribution in [0.2, 0.25) is 0 Å². The molecule has 3 N–H and O–H groups in total. The van der Waals surface area contributed by atoms with E-state index in [2.05, 4.69) is 32.3 Å². The zero-order valence-corrected chi connectivity index (χ0v) is 17.1. The van der Waals surface area contributed by atoms with E-state index in [0.29, 0.717) is 17.8 Å². The average molecular weight is 402 g/mol. The van der Waals surface area contributed by atoms with Crippen molar-refractivity contribution in [2.45, 2.75) is 25.8 Å². The number of anilines is 1. The molecule has 2 heterocycles. The van der Waals surface area contributed by atoms with Crippen LogP contribution in [0.4, 0.5) is 5.82 Å². The van der Waals surface area contributed by atoms with Crippen molar-refractivity contribution in [1.82, 2.24) is 15.1 Å². The van der Waals surface area contributed by atoms with Crippen LogP contribution in [0.5, 0.6) is 5.75 Å². The molecule has 30 heavy (non-hydrogen) atoms. The van der Waals surface area contributed by atoms with Gasteiger partial charge in [-0.05, 0) is 44.5 Å². The topological polar surface area (TPSA) is 81.5 Å². The van der Waals surface area contributed by atoms with Gasteiger partial charge in [0.05, 0.1) is 6.61 Å². The van der Waals surface area contributed by atoms with E-state index in [1.807, 2.05) is 36.4 Å². The number of rotatable bonds is 5. The van der Waals surface area contributed by atoms with Gasteiger partial charge < -0.3 is 15.5 Å². The minimum absolute atomic E-state index is 0.141. The van der Waals surface area contributed by atoms with E-state index in [1.54, 1.807) is 13.0 Å². The molecule has 6 nitrogen and oxygen atoms in total. The van der Waals surface area contributed by atoms with Crippen LogP contribution in [0.1, 0.15) is 25.3 Å². The van der Waals surface area contributed by atoms with Gasteiger partial charge in [-0.3, -0.25) is 4.90 Å². The quantitative estimate of drug-likeness (QED) is 0.569. The highest BCUT2D eigenvalue weighted by molar-refractivity contribution is 6.00. The van der Waals surface area contributed by atoms with Gasteiger partial charge in [0.1, 0.15) is 11.4 Å². The molecule has 0 unspecified atom stereocenters. The smallest absolute Gasteiger partial charge is 0.156 e. The van der Waals surface area contributed by atoms with Gasteiger partial charge in [-0.2, -0.15) is 0 Å². The summed E-state index contributed by atoms with van der Waals surface area (Å²) in [5.74, 6) is 6.69. The summed E-state index contributed by atoms with van der Waals surface area (Å²) in [6.45, 7) is 4.53. The summed E-state index contributed by atoms with van der Waals surface area (Å²) < 4.78 is 0. The van der Waals surface area contributed by atoms with Crippen LogP contribution in [-0.4, -0.2) is 57.6 Å². The van der Waals surface area contributed by atoms with Gasteiger partial charge in [0.15, 0.2) is 5.82 Å². The Hall–Kier alpha value is -3.14. The van der Waals surface area contributed by atoms with Gasteiger partial charge in [-0.25, -0.2) is 0 Å². The lowest BCUT2D eigenvalue weighted by Crippen LogP contribution is -2.43. The Morgan fingerprint density at radius 2 is 2.00 bits per heavy atom. The lowest BCUT2D eigenvalue weighted by molar-refractivity contribution is 0.166. The van der Waals surface area contributed by atoms with Gasteiger partial charge >= 0.3 is 0 Å². The molecular weight excluding hydrogens is 376 g/mol. The van der Waals surface area contributed by atoms with Crippen LogP contribution < -0.4 is 5.32 Å². The fourth-order valence-electron chi connectivity index (χ4n) is 4.07. The number of nitrogens with zero attached hydrogens (tertiary/aromatic N) is 3. The summed E-state index contributed by atoms with van der Waals surface area (Å²) in [5.41, 5.74) is 2.05. The highest BCUT2D eigenvalue weighted by Gasteiger charge is 2.21. The molecule has 0 amide bonds. The van der Waals surface area contributed by atoms with Gasteiger partial charge in [0, 0.05) is 41.0 Å². The van der Waals surface area contributed by atoms with Gasteiger partial charge in [0.2, 0.25) is 0 Å². The van der Waals surface area contributed by atoms with Crippen LogP contribution in [0, 0.1) is 11.8 Å². The van der Waals surface area contributed by atoms with Gasteiger partial charge in [-0.1, -0.05) is 30.2 Å². The third-order valence-electron chi connectivity index (χ3n) is 5.47. The van der Waals surface area contributed by atoms with Gasteiger partial charge in [0.25, 0.3) is 0 Å². The molecule has 0 spiro atoms. The van der Waals surface area contributed by atoms with E-state index in [4.69, 9.17) is 0 Å². The van der Waals surface area contributed by atoms with Crippen molar-refractivity contribution < 1.29 is 10.2 Å². The van der Waals surface area contributed by atoms with Crippen LogP contribution in [0.15, 0.2) is 42.5 Å². The maximum atomic E-state index is 10.6. The molecule has 0 aliphatic carbocycles. The number of likely N-dealkylation sites (tertiary alicyclic amines) is 1. The number of piperidine rings is 1. The molecule has 1 aromatic heterocycles. The fourth-order valence-corrected chi connectivity index (χ4v) is 4.07. The summed E-state index contributed by atoms with van der Waals surface area (Å²) >= 11 is 0.